The monoisotopic (exact) mass is 243 g/mol. The van der Waals surface area contributed by atoms with E-state index in [1.807, 2.05) is 0 Å². The molecule has 3 nitrogen and oxygen atoms in total. The summed E-state index contributed by atoms with van der Waals surface area (Å²) in [5, 5.41) is 13.0. The molecule has 2 N–H and O–H groups in total. The number of aliphatic hydroxyl groups is 1. The lowest BCUT2D eigenvalue weighted by atomic mass is 9.99. The van der Waals surface area contributed by atoms with Gasteiger partial charge in [-0.3, -0.25) is 0 Å². The van der Waals surface area contributed by atoms with Crippen molar-refractivity contribution < 1.29 is 9.84 Å². The van der Waals surface area contributed by atoms with Gasteiger partial charge in [-0.1, -0.05) is 13.8 Å². The van der Waals surface area contributed by atoms with Gasteiger partial charge in [0, 0.05) is 18.2 Å². The van der Waals surface area contributed by atoms with Crippen LogP contribution in [0, 0.1) is 5.92 Å². The molecule has 102 valence electrons. The maximum atomic E-state index is 9.45. The van der Waals surface area contributed by atoms with Crippen LogP contribution in [-0.2, 0) is 4.74 Å². The second-order valence-electron chi connectivity index (χ2n) is 6.20. The van der Waals surface area contributed by atoms with Crippen molar-refractivity contribution in [1.82, 2.24) is 5.32 Å². The van der Waals surface area contributed by atoms with Gasteiger partial charge in [0.25, 0.3) is 0 Å². The summed E-state index contributed by atoms with van der Waals surface area (Å²) < 4.78 is 5.80. The summed E-state index contributed by atoms with van der Waals surface area (Å²) in [7, 11) is 0. The number of hydrogen-bond acceptors (Lipinski definition) is 3. The van der Waals surface area contributed by atoms with Gasteiger partial charge in [-0.05, 0) is 45.4 Å². The Kier molecular flexibility index (Phi) is 5.90. The first kappa shape index (κ1) is 14.9. The van der Waals surface area contributed by atoms with Crippen LogP contribution in [0.1, 0.15) is 53.4 Å². The zero-order chi connectivity index (χ0) is 12.9. The highest BCUT2D eigenvalue weighted by atomic mass is 16.5. The van der Waals surface area contributed by atoms with Gasteiger partial charge in [-0.2, -0.15) is 0 Å². The van der Waals surface area contributed by atoms with E-state index >= 15 is 0 Å². The standard InChI is InChI=1S/C14H29NO2/c1-11(2)9-12(3)17-8-7-14(4,10-16)15-13-5-6-13/h11-13,15-16H,5-10H2,1-4H3. The molecule has 1 aliphatic rings. The van der Waals surface area contributed by atoms with Crippen molar-refractivity contribution in [2.45, 2.75) is 71.1 Å². The fraction of sp³-hybridized carbons (Fsp3) is 1.00. The molecule has 2 atom stereocenters. The van der Waals surface area contributed by atoms with Gasteiger partial charge in [0.1, 0.15) is 0 Å². The van der Waals surface area contributed by atoms with E-state index in [-0.39, 0.29) is 12.1 Å². The quantitative estimate of drug-likeness (QED) is 0.653. The van der Waals surface area contributed by atoms with Gasteiger partial charge < -0.3 is 15.2 Å². The molecule has 2 unspecified atom stereocenters. The third kappa shape index (κ3) is 6.39. The largest absolute Gasteiger partial charge is 0.394 e. The van der Waals surface area contributed by atoms with Crippen LogP contribution in [0.5, 0.6) is 0 Å². The predicted octanol–water partition coefficient (Wildman–Crippen LogP) is 2.33. The Morgan fingerprint density at radius 3 is 2.47 bits per heavy atom. The second-order valence-corrected chi connectivity index (χ2v) is 6.20. The Morgan fingerprint density at radius 1 is 1.35 bits per heavy atom. The maximum absolute atomic E-state index is 9.45. The van der Waals surface area contributed by atoms with Crippen LogP contribution in [0.4, 0.5) is 0 Å². The SMILES string of the molecule is CC(C)CC(C)OCCC(C)(CO)NC1CC1. The van der Waals surface area contributed by atoms with Gasteiger partial charge in [-0.25, -0.2) is 0 Å². The normalized spacial score (nSPS) is 21.5. The van der Waals surface area contributed by atoms with Gasteiger partial charge in [0.05, 0.1) is 12.7 Å². The van der Waals surface area contributed by atoms with E-state index in [1.54, 1.807) is 0 Å². The first-order chi connectivity index (χ1) is 7.95. The highest BCUT2D eigenvalue weighted by Crippen LogP contribution is 2.24. The molecule has 1 aliphatic carbocycles. The maximum Gasteiger partial charge on any atom is 0.0611 e. The molecule has 0 saturated heterocycles. The van der Waals surface area contributed by atoms with Crippen molar-refractivity contribution in [3.8, 4) is 0 Å². The third-order valence-electron chi connectivity index (χ3n) is 3.34. The summed E-state index contributed by atoms with van der Waals surface area (Å²) in [6.45, 7) is 9.56. The molecular formula is C14H29NO2. The van der Waals surface area contributed by atoms with Crippen LogP contribution in [0.15, 0.2) is 0 Å². The van der Waals surface area contributed by atoms with Crippen LogP contribution in [-0.4, -0.2) is 36.0 Å². The number of ether oxygens (including phenoxy) is 1. The minimum atomic E-state index is -0.168. The first-order valence-corrected chi connectivity index (χ1v) is 6.95. The lowest BCUT2D eigenvalue weighted by Gasteiger charge is -2.29. The molecule has 17 heavy (non-hydrogen) atoms. The Hall–Kier alpha value is -0.120. The third-order valence-corrected chi connectivity index (χ3v) is 3.34. The van der Waals surface area contributed by atoms with Crippen LogP contribution in [0.25, 0.3) is 0 Å². The molecule has 3 heteroatoms. The molecule has 0 heterocycles. The zero-order valence-electron chi connectivity index (χ0n) is 11.8. The zero-order valence-corrected chi connectivity index (χ0v) is 11.8. The Morgan fingerprint density at radius 2 is 2.00 bits per heavy atom. The molecule has 0 aromatic heterocycles. The van der Waals surface area contributed by atoms with Crippen LogP contribution < -0.4 is 5.32 Å². The van der Waals surface area contributed by atoms with Crippen molar-refractivity contribution in [2.24, 2.45) is 5.92 Å². The molecule has 0 radical (unpaired) electrons. The second kappa shape index (κ2) is 6.72. The Balaban J connectivity index is 2.17. The summed E-state index contributed by atoms with van der Waals surface area (Å²) in [5.74, 6) is 0.679. The topological polar surface area (TPSA) is 41.5 Å². The van der Waals surface area contributed by atoms with E-state index in [2.05, 4.69) is 33.0 Å². The number of aliphatic hydroxyl groups excluding tert-OH is 1. The minimum Gasteiger partial charge on any atom is -0.394 e. The summed E-state index contributed by atoms with van der Waals surface area (Å²) >= 11 is 0. The molecule has 0 aliphatic heterocycles. The van der Waals surface area contributed by atoms with Gasteiger partial charge in [0.2, 0.25) is 0 Å². The number of nitrogens with one attached hydrogen (secondary N) is 1. The van der Waals surface area contributed by atoms with E-state index in [0.29, 0.717) is 18.1 Å². The van der Waals surface area contributed by atoms with Crippen LogP contribution >= 0.6 is 0 Å². The average Bonchev–Trinajstić information content (AvgIpc) is 3.00. The average molecular weight is 243 g/mol. The Labute approximate surface area is 106 Å². The molecular weight excluding hydrogens is 214 g/mol. The molecule has 1 rings (SSSR count). The highest BCUT2D eigenvalue weighted by Gasteiger charge is 2.31. The van der Waals surface area contributed by atoms with Crippen molar-refractivity contribution in [3.63, 3.8) is 0 Å². The van der Waals surface area contributed by atoms with Gasteiger partial charge >= 0.3 is 0 Å². The fourth-order valence-electron chi connectivity index (χ4n) is 2.13. The molecule has 0 aromatic rings. The van der Waals surface area contributed by atoms with E-state index in [9.17, 15) is 5.11 Å². The smallest absolute Gasteiger partial charge is 0.0611 e. The number of hydrogen-bond donors (Lipinski definition) is 2. The summed E-state index contributed by atoms with van der Waals surface area (Å²) in [4.78, 5) is 0. The van der Waals surface area contributed by atoms with Crippen LogP contribution in [0.2, 0.25) is 0 Å². The highest BCUT2D eigenvalue weighted by molar-refractivity contribution is 4.92. The lowest BCUT2D eigenvalue weighted by molar-refractivity contribution is 0.0299. The number of rotatable bonds is 9. The molecule has 1 saturated carbocycles. The fourth-order valence-corrected chi connectivity index (χ4v) is 2.13. The summed E-state index contributed by atoms with van der Waals surface area (Å²) in [6.07, 6.45) is 4.80. The molecule has 0 bridgehead atoms. The molecule has 0 amide bonds. The molecule has 0 spiro atoms. The van der Waals surface area contributed by atoms with Crippen molar-refractivity contribution in [1.29, 1.82) is 0 Å². The van der Waals surface area contributed by atoms with E-state index in [0.717, 1.165) is 19.4 Å². The van der Waals surface area contributed by atoms with Crippen LogP contribution in [0.3, 0.4) is 0 Å². The van der Waals surface area contributed by atoms with E-state index in [1.165, 1.54) is 12.8 Å². The van der Waals surface area contributed by atoms with Gasteiger partial charge in [0.15, 0.2) is 0 Å². The minimum absolute atomic E-state index is 0.168. The van der Waals surface area contributed by atoms with Crippen molar-refractivity contribution >= 4 is 0 Å². The van der Waals surface area contributed by atoms with E-state index < -0.39 is 0 Å². The van der Waals surface area contributed by atoms with Crippen molar-refractivity contribution in [3.05, 3.63) is 0 Å². The first-order valence-electron chi connectivity index (χ1n) is 6.95. The molecule has 1 fully saturated rings. The Bertz CT molecular complexity index is 216. The molecule has 0 aromatic carbocycles. The van der Waals surface area contributed by atoms with Crippen molar-refractivity contribution in [2.75, 3.05) is 13.2 Å². The summed E-state index contributed by atoms with van der Waals surface area (Å²) in [6, 6.07) is 0.625. The summed E-state index contributed by atoms with van der Waals surface area (Å²) in [5.41, 5.74) is -0.168. The predicted molar refractivity (Wildman–Crippen MR) is 71.1 cm³/mol. The van der Waals surface area contributed by atoms with E-state index in [4.69, 9.17) is 4.74 Å². The van der Waals surface area contributed by atoms with Gasteiger partial charge in [-0.15, -0.1) is 0 Å². The lowest BCUT2D eigenvalue weighted by Crippen LogP contribution is -2.47.